The number of oxime groups is 2. The smallest absolute Gasteiger partial charge is 0.416 e. The lowest BCUT2D eigenvalue weighted by Crippen LogP contribution is -2.16. The molecule has 0 aliphatic carbocycles. The fourth-order valence-electron chi connectivity index (χ4n) is 3.94. The number of hydrogen-bond acceptors (Lipinski definition) is 8. The Morgan fingerprint density at radius 2 is 1.65 bits per heavy atom. The highest BCUT2D eigenvalue weighted by atomic mass is 19.4. The van der Waals surface area contributed by atoms with Crippen LogP contribution in [0, 0.1) is 0 Å². The molecular formula is C32H33F3N2O6. The third kappa shape index (κ3) is 9.35. The average molecular weight is 599 g/mol. The lowest BCUT2D eigenvalue weighted by molar-refractivity contribution is -0.137. The van der Waals surface area contributed by atoms with E-state index < -0.39 is 17.7 Å². The predicted octanol–water partition coefficient (Wildman–Crippen LogP) is 7.17. The molecule has 0 heterocycles. The quantitative estimate of drug-likeness (QED) is 0.0643. The van der Waals surface area contributed by atoms with Gasteiger partial charge in [0.05, 0.1) is 25.5 Å². The molecule has 0 amide bonds. The van der Waals surface area contributed by atoms with Crippen molar-refractivity contribution in [3.8, 4) is 5.75 Å². The van der Waals surface area contributed by atoms with Crippen LogP contribution in [0.1, 0.15) is 48.1 Å². The monoisotopic (exact) mass is 598 g/mol. The van der Waals surface area contributed by atoms with Crippen LogP contribution in [0.3, 0.4) is 0 Å². The zero-order valence-electron chi connectivity index (χ0n) is 24.3. The summed E-state index contributed by atoms with van der Waals surface area (Å²) in [6, 6.07) is 19.0. The van der Waals surface area contributed by atoms with E-state index in [1.54, 1.807) is 48.5 Å². The summed E-state index contributed by atoms with van der Waals surface area (Å²) in [6.45, 7) is 4.09. The molecule has 8 nitrogen and oxygen atoms in total. The van der Waals surface area contributed by atoms with Gasteiger partial charge in [0.2, 0.25) is 0 Å². The maximum atomic E-state index is 13.0. The van der Waals surface area contributed by atoms with Crippen molar-refractivity contribution in [2.24, 2.45) is 10.3 Å². The van der Waals surface area contributed by atoms with Crippen molar-refractivity contribution < 1.29 is 41.9 Å². The largest absolute Gasteiger partial charge is 0.501 e. The number of carbonyl (C=O) groups is 1. The summed E-state index contributed by atoms with van der Waals surface area (Å²) in [4.78, 5) is 23.1. The van der Waals surface area contributed by atoms with Gasteiger partial charge in [0.15, 0.2) is 0 Å². The highest BCUT2D eigenvalue weighted by molar-refractivity contribution is 6.48. The number of ether oxygens (including phenoxy) is 3. The Morgan fingerprint density at radius 1 is 0.907 bits per heavy atom. The minimum absolute atomic E-state index is 0.0310. The minimum atomic E-state index is -4.42. The number of carbonyl (C=O) groups excluding carboxylic acids is 1. The SMILES string of the molecule is CCOC=C(C(=O)OC)c1ccccc1CON=C(CC)C(=NOC)c1ccc(OCc2cccc(C(F)(F)F)c2)cc1. The number of halogens is 3. The normalized spacial score (nSPS) is 12.5. The van der Waals surface area contributed by atoms with E-state index in [0.717, 1.165) is 12.1 Å². The minimum Gasteiger partial charge on any atom is -0.501 e. The molecule has 3 rings (SSSR count). The molecule has 0 atom stereocenters. The molecule has 11 heteroatoms. The highest BCUT2D eigenvalue weighted by Gasteiger charge is 2.30. The number of nitrogens with zero attached hydrogens (tertiary/aromatic N) is 2. The number of esters is 1. The molecule has 0 N–H and O–H groups in total. The maximum Gasteiger partial charge on any atom is 0.416 e. The first kappa shape index (κ1) is 32.7. The van der Waals surface area contributed by atoms with Crippen LogP contribution in [-0.2, 0) is 43.3 Å². The fourth-order valence-corrected chi connectivity index (χ4v) is 3.94. The number of rotatable bonds is 14. The van der Waals surface area contributed by atoms with Gasteiger partial charge in [-0.2, -0.15) is 13.2 Å². The van der Waals surface area contributed by atoms with Crippen LogP contribution in [0.2, 0.25) is 0 Å². The van der Waals surface area contributed by atoms with Gasteiger partial charge >= 0.3 is 12.1 Å². The van der Waals surface area contributed by atoms with Crippen molar-refractivity contribution in [1.82, 2.24) is 0 Å². The summed E-state index contributed by atoms with van der Waals surface area (Å²) in [5, 5.41) is 8.44. The zero-order valence-corrected chi connectivity index (χ0v) is 24.3. The Bertz CT molecular complexity index is 1450. The molecule has 0 fully saturated rings. The van der Waals surface area contributed by atoms with Gasteiger partial charge in [-0.3, -0.25) is 0 Å². The Morgan fingerprint density at radius 3 is 2.30 bits per heavy atom. The molecule has 0 aromatic heterocycles. The van der Waals surface area contributed by atoms with Crippen molar-refractivity contribution in [2.45, 2.75) is 39.7 Å². The van der Waals surface area contributed by atoms with Crippen LogP contribution in [0.15, 0.2) is 89.4 Å². The summed E-state index contributed by atoms with van der Waals surface area (Å²) >= 11 is 0. The molecule has 43 heavy (non-hydrogen) atoms. The molecule has 228 valence electrons. The number of hydrogen-bond donors (Lipinski definition) is 0. The first-order valence-corrected chi connectivity index (χ1v) is 13.4. The molecule has 0 spiro atoms. The molecule has 0 bridgehead atoms. The van der Waals surface area contributed by atoms with Crippen molar-refractivity contribution in [3.63, 3.8) is 0 Å². The molecule has 0 unspecified atom stereocenters. The standard InChI is InChI=1S/C32H33F3N2O6/c1-5-29(36-43-20-24-11-7-8-13-27(24)28(21-41-6-2)31(38)39-3)30(37-40-4)23-14-16-26(17-15-23)42-19-22-10-9-12-25(18-22)32(33,34)35/h7-18,21H,5-6,19-20H2,1-4H3. The van der Waals surface area contributed by atoms with E-state index in [-0.39, 0.29) is 18.8 Å². The molecule has 0 saturated heterocycles. The van der Waals surface area contributed by atoms with Crippen LogP contribution in [0.5, 0.6) is 5.75 Å². The van der Waals surface area contributed by atoms with Gasteiger partial charge in [0.25, 0.3) is 0 Å². The Kier molecular flexibility index (Phi) is 12.2. The summed E-state index contributed by atoms with van der Waals surface area (Å²) in [7, 11) is 2.71. The summed E-state index contributed by atoms with van der Waals surface area (Å²) in [5.41, 5.74) is 2.77. The van der Waals surface area contributed by atoms with Gasteiger partial charge in [-0.25, -0.2) is 4.79 Å². The van der Waals surface area contributed by atoms with E-state index in [1.165, 1.54) is 26.5 Å². The Balaban J connectivity index is 1.75. The van der Waals surface area contributed by atoms with E-state index >= 15 is 0 Å². The zero-order chi connectivity index (χ0) is 31.2. The summed E-state index contributed by atoms with van der Waals surface area (Å²) in [6.07, 6.45) is -2.61. The number of alkyl halides is 3. The van der Waals surface area contributed by atoms with E-state index in [1.807, 2.05) is 19.9 Å². The molecule has 3 aromatic rings. The second kappa shape index (κ2) is 16.0. The number of benzene rings is 3. The molecule has 0 radical (unpaired) electrons. The van der Waals surface area contributed by atoms with Gasteiger partial charge < -0.3 is 23.9 Å². The third-order valence-electron chi connectivity index (χ3n) is 6.05. The van der Waals surface area contributed by atoms with E-state index in [0.29, 0.717) is 52.5 Å². The Hall–Kier alpha value is -4.80. The van der Waals surface area contributed by atoms with Crippen LogP contribution in [0.4, 0.5) is 13.2 Å². The first-order valence-electron chi connectivity index (χ1n) is 13.4. The topological polar surface area (TPSA) is 87.9 Å². The first-order chi connectivity index (χ1) is 20.7. The second-order valence-electron chi connectivity index (χ2n) is 8.93. The van der Waals surface area contributed by atoms with Gasteiger partial charge in [-0.15, -0.1) is 0 Å². The predicted molar refractivity (Wildman–Crippen MR) is 156 cm³/mol. The highest BCUT2D eigenvalue weighted by Crippen LogP contribution is 2.30. The van der Waals surface area contributed by atoms with E-state index in [2.05, 4.69) is 10.3 Å². The molecule has 0 aliphatic rings. The van der Waals surface area contributed by atoms with E-state index in [4.69, 9.17) is 23.9 Å². The Labute approximate surface area is 248 Å². The average Bonchev–Trinajstić information content (AvgIpc) is 3.02. The van der Waals surface area contributed by atoms with E-state index in [9.17, 15) is 18.0 Å². The van der Waals surface area contributed by atoms with Crippen molar-refractivity contribution in [1.29, 1.82) is 0 Å². The molecule has 0 saturated carbocycles. The third-order valence-corrected chi connectivity index (χ3v) is 6.05. The van der Waals surface area contributed by atoms with Gasteiger partial charge in [-0.1, -0.05) is 53.6 Å². The molecule has 3 aromatic carbocycles. The van der Waals surface area contributed by atoms with Gasteiger partial charge in [0, 0.05) is 11.1 Å². The van der Waals surface area contributed by atoms with Crippen molar-refractivity contribution >= 4 is 23.0 Å². The molecule has 0 aliphatic heterocycles. The summed E-state index contributed by atoms with van der Waals surface area (Å²) < 4.78 is 55.0. The lowest BCUT2D eigenvalue weighted by atomic mass is 10.0. The van der Waals surface area contributed by atoms with Crippen molar-refractivity contribution in [2.75, 3.05) is 20.8 Å². The fraction of sp³-hybridized carbons (Fsp3) is 0.281. The summed E-state index contributed by atoms with van der Waals surface area (Å²) in [5.74, 6) is -0.0855. The van der Waals surface area contributed by atoms with Crippen LogP contribution in [0.25, 0.3) is 5.57 Å². The lowest BCUT2D eigenvalue weighted by Gasteiger charge is -2.13. The van der Waals surface area contributed by atoms with Gasteiger partial charge in [-0.05, 0) is 60.9 Å². The maximum absolute atomic E-state index is 13.0. The van der Waals surface area contributed by atoms with Crippen LogP contribution >= 0.6 is 0 Å². The second-order valence-corrected chi connectivity index (χ2v) is 8.93. The van der Waals surface area contributed by atoms with Crippen molar-refractivity contribution in [3.05, 3.63) is 107 Å². The van der Waals surface area contributed by atoms with Crippen LogP contribution < -0.4 is 4.74 Å². The van der Waals surface area contributed by atoms with Gasteiger partial charge in [0.1, 0.15) is 43.1 Å². The number of methoxy groups -OCH3 is 1. The van der Waals surface area contributed by atoms with Crippen LogP contribution in [-0.4, -0.2) is 38.2 Å². The molecular weight excluding hydrogens is 565 g/mol.